The van der Waals surface area contributed by atoms with Crippen LogP contribution in [0.15, 0.2) is 60.8 Å². The molecule has 21 heavy (non-hydrogen) atoms. The molecule has 3 heteroatoms. The number of aryl methyl sites for hydroxylation is 1. The lowest BCUT2D eigenvalue weighted by atomic mass is 9.96. The number of fused-ring (bicyclic) bond motifs is 1. The molecule has 1 aromatic heterocycles. The average Bonchev–Trinajstić information content (AvgIpc) is 2.54. The first kappa shape index (κ1) is 13.7. The van der Waals surface area contributed by atoms with Crippen molar-refractivity contribution in [2.45, 2.75) is 19.4 Å². The fraction of sp³-hybridized carbons (Fsp3) is 0.167. The zero-order chi connectivity index (χ0) is 14.7. The molecule has 3 nitrogen and oxygen atoms in total. The molecule has 3 rings (SSSR count). The highest BCUT2D eigenvalue weighted by atomic mass is 15.2. The minimum absolute atomic E-state index is 0.0939. The van der Waals surface area contributed by atoms with Crippen LogP contribution in [0.3, 0.4) is 0 Å². The summed E-state index contributed by atoms with van der Waals surface area (Å²) in [6, 6.07) is 18.9. The van der Waals surface area contributed by atoms with Gasteiger partial charge in [0.1, 0.15) is 0 Å². The summed E-state index contributed by atoms with van der Waals surface area (Å²) in [4.78, 5) is 4.41. The number of hydrogen-bond acceptors (Lipinski definition) is 3. The second kappa shape index (κ2) is 6.04. The van der Waals surface area contributed by atoms with Gasteiger partial charge in [-0.15, -0.1) is 0 Å². The molecule has 1 heterocycles. The normalized spacial score (nSPS) is 12.5. The van der Waals surface area contributed by atoms with Crippen molar-refractivity contribution in [1.82, 2.24) is 10.4 Å². The number of rotatable bonds is 4. The second-order valence-corrected chi connectivity index (χ2v) is 5.32. The van der Waals surface area contributed by atoms with Crippen LogP contribution in [0.5, 0.6) is 0 Å². The molecule has 3 N–H and O–H groups in total. The van der Waals surface area contributed by atoms with Crippen molar-refractivity contribution in [3.63, 3.8) is 0 Å². The van der Waals surface area contributed by atoms with E-state index in [1.54, 1.807) is 0 Å². The van der Waals surface area contributed by atoms with E-state index in [4.69, 9.17) is 5.84 Å². The molecule has 0 spiro atoms. The first-order valence-corrected chi connectivity index (χ1v) is 7.13. The molecule has 0 aliphatic carbocycles. The maximum Gasteiger partial charge on any atom is 0.0704 e. The number of nitrogens with two attached hydrogens (primary N) is 1. The first-order chi connectivity index (χ1) is 10.3. The molecule has 1 atom stereocenters. The third kappa shape index (κ3) is 2.94. The number of aromatic nitrogens is 1. The molecule has 0 aliphatic heterocycles. The summed E-state index contributed by atoms with van der Waals surface area (Å²) < 4.78 is 0. The molecule has 0 bridgehead atoms. The Morgan fingerprint density at radius 1 is 1.05 bits per heavy atom. The molecule has 0 saturated heterocycles. The van der Waals surface area contributed by atoms with Gasteiger partial charge in [-0.1, -0.05) is 48.0 Å². The molecule has 3 aromatic rings. The minimum Gasteiger partial charge on any atom is -0.271 e. The van der Waals surface area contributed by atoms with E-state index in [9.17, 15) is 0 Å². The van der Waals surface area contributed by atoms with Crippen molar-refractivity contribution < 1.29 is 0 Å². The van der Waals surface area contributed by atoms with E-state index in [0.717, 1.165) is 11.9 Å². The zero-order valence-electron chi connectivity index (χ0n) is 12.1. The Morgan fingerprint density at radius 3 is 2.57 bits per heavy atom. The number of hydrazine groups is 1. The lowest BCUT2D eigenvalue weighted by Crippen LogP contribution is -2.29. The van der Waals surface area contributed by atoms with Gasteiger partial charge < -0.3 is 0 Å². The third-order valence-corrected chi connectivity index (χ3v) is 3.84. The molecule has 1 unspecified atom stereocenters. The van der Waals surface area contributed by atoms with Gasteiger partial charge in [-0.05, 0) is 36.6 Å². The molecule has 0 amide bonds. The fourth-order valence-corrected chi connectivity index (χ4v) is 2.62. The van der Waals surface area contributed by atoms with Crippen LogP contribution in [0, 0.1) is 6.92 Å². The lowest BCUT2D eigenvalue weighted by molar-refractivity contribution is 0.553. The summed E-state index contributed by atoms with van der Waals surface area (Å²) in [5.41, 5.74) is 7.66. The van der Waals surface area contributed by atoms with Gasteiger partial charge in [0.2, 0.25) is 0 Å². The average molecular weight is 277 g/mol. The van der Waals surface area contributed by atoms with E-state index in [0.29, 0.717) is 0 Å². The van der Waals surface area contributed by atoms with Crippen LogP contribution in [0.25, 0.3) is 10.9 Å². The summed E-state index contributed by atoms with van der Waals surface area (Å²) in [5.74, 6) is 5.77. The van der Waals surface area contributed by atoms with Crippen LogP contribution in [-0.4, -0.2) is 4.98 Å². The number of benzene rings is 2. The Balaban J connectivity index is 1.94. The largest absolute Gasteiger partial charge is 0.271 e. The number of nitrogens with zero attached hydrogens (tertiary/aromatic N) is 1. The minimum atomic E-state index is 0.0939. The van der Waals surface area contributed by atoms with Crippen LogP contribution in [-0.2, 0) is 6.42 Å². The van der Waals surface area contributed by atoms with Crippen LogP contribution >= 0.6 is 0 Å². The summed E-state index contributed by atoms with van der Waals surface area (Å²) in [6.45, 7) is 2.09. The number of hydrogen-bond donors (Lipinski definition) is 2. The predicted molar refractivity (Wildman–Crippen MR) is 86.7 cm³/mol. The van der Waals surface area contributed by atoms with Crippen LogP contribution in [0.2, 0.25) is 0 Å². The topological polar surface area (TPSA) is 50.9 Å². The maximum atomic E-state index is 5.77. The van der Waals surface area contributed by atoms with E-state index in [2.05, 4.69) is 53.7 Å². The Morgan fingerprint density at radius 2 is 1.81 bits per heavy atom. The van der Waals surface area contributed by atoms with Gasteiger partial charge in [0.25, 0.3) is 0 Å². The van der Waals surface area contributed by atoms with Gasteiger partial charge in [0, 0.05) is 11.6 Å². The highest BCUT2D eigenvalue weighted by Gasteiger charge is 2.12. The van der Waals surface area contributed by atoms with E-state index >= 15 is 0 Å². The van der Waals surface area contributed by atoms with E-state index in [1.165, 1.54) is 22.1 Å². The van der Waals surface area contributed by atoms with Crippen LogP contribution < -0.4 is 11.3 Å². The predicted octanol–water partition coefficient (Wildman–Crippen LogP) is 3.29. The Labute approximate surface area is 124 Å². The summed E-state index contributed by atoms with van der Waals surface area (Å²) in [6.07, 6.45) is 2.70. The van der Waals surface area contributed by atoms with Crippen molar-refractivity contribution in [2.75, 3.05) is 0 Å². The Kier molecular flexibility index (Phi) is 3.95. The number of para-hydroxylation sites is 1. The second-order valence-electron chi connectivity index (χ2n) is 5.32. The smallest absolute Gasteiger partial charge is 0.0704 e. The summed E-state index contributed by atoms with van der Waals surface area (Å²) >= 11 is 0. The SMILES string of the molecule is Cc1ccc(C(Cc2ccnc3ccccc23)NN)cc1. The molecular weight excluding hydrogens is 258 g/mol. The summed E-state index contributed by atoms with van der Waals surface area (Å²) in [5, 5.41) is 1.19. The lowest BCUT2D eigenvalue weighted by Gasteiger charge is -2.17. The van der Waals surface area contributed by atoms with E-state index in [-0.39, 0.29) is 6.04 Å². The van der Waals surface area contributed by atoms with Gasteiger partial charge in [0.05, 0.1) is 11.6 Å². The van der Waals surface area contributed by atoms with Crippen molar-refractivity contribution in [3.05, 3.63) is 77.5 Å². The van der Waals surface area contributed by atoms with Gasteiger partial charge in [0.15, 0.2) is 0 Å². The van der Waals surface area contributed by atoms with Gasteiger partial charge in [-0.3, -0.25) is 16.3 Å². The third-order valence-electron chi connectivity index (χ3n) is 3.84. The highest BCUT2D eigenvalue weighted by molar-refractivity contribution is 5.81. The maximum absolute atomic E-state index is 5.77. The zero-order valence-corrected chi connectivity index (χ0v) is 12.1. The van der Waals surface area contributed by atoms with E-state index in [1.807, 2.05) is 24.4 Å². The highest BCUT2D eigenvalue weighted by Crippen LogP contribution is 2.23. The van der Waals surface area contributed by atoms with Gasteiger partial charge >= 0.3 is 0 Å². The molecule has 0 saturated carbocycles. The van der Waals surface area contributed by atoms with Gasteiger partial charge in [-0.2, -0.15) is 0 Å². The van der Waals surface area contributed by atoms with Crippen molar-refractivity contribution >= 4 is 10.9 Å². The fourth-order valence-electron chi connectivity index (χ4n) is 2.62. The molecule has 0 aliphatic rings. The quantitative estimate of drug-likeness (QED) is 0.568. The summed E-state index contributed by atoms with van der Waals surface area (Å²) in [7, 11) is 0. The van der Waals surface area contributed by atoms with E-state index < -0.39 is 0 Å². The van der Waals surface area contributed by atoms with Crippen LogP contribution in [0.4, 0.5) is 0 Å². The van der Waals surface area contributed by atoms with Gasteiger partial charge in [-0.25, -0.2) is 0 Å². The molecule has 0 fully saturated rings. The molecule has 2 aromatic carbocycles. The van der Waals surface area contributed by atoms with Crippen molar-refractivity contribution in [2.24, 2.45) is 5.84 Å². The molecule has 106 valence electrons. The molecular formula is C18H19N3. The van der Waals surface area contributed by atoms with Crippen molar-refractivity contribution in [1.29, 1.82) is 0 Å². The Hall–Kier alpha value is -2.23. The van der Waals surface area contributed by atoms with Crippen molar-refractivity contribution in [3.8, 4) is 0 Å². The monoisotopic (exact) mass is 277 g/mol. The first-order valence-electron chi connectivity index (χ1n) is 7.13. The number of nitrogens with one attached hydrogen (secondary N) is 1. The standard InChI is InChI=1S/C18H19N3/c1-13-6-8-14(9-7-13)18(21-19)12-15-10-11-20-17-5-3-2-4-16(15)17/h2-11,18,21H,12,19H2,1H3. The Bertz CT molecular complexity index is 730. The molecule has 0 radical (unpaired) electrons. The van der Waals surface area contributed by atoms with Crippen LogP contribution in [0.1, 0.15) is 22.7 Å². The number of pyridine rings is 1.